The van der Waals surface area contributed by atoms with Gasteiger partial charge in [-0.15, -0.1) is 48.6 Å². The summed E-state index contributed by atoms with van der Waals surface area (Å²) in [6.07, 6.45) is 2.35. The largest absolute Gasteiger partial charge is 0.496 e. The predicted octanol–water partition coefficient (Wildman–Crippen LogP) is 5.40. The molecule has 4 rings (SSSR count). The molecule has 35 heavy (non-hydrogen) atoms. The lowest BCUT2D eigenvalue weighted by Crippen LogP contribution is -2.45. The zero-order valence-electron chi connectivity index (χ0n) is 20.3. The highest BCUT2D eigenvalue weighted by Gasteiger charge is 2.25. The number of thiazole rings is 1. The van der Waals surface area contributed by atoms with Crippen molar-refractivity contribution in [3.8, 4) is 5.75 Å². The number of hydrogen-bond acceptors (Lipinski definition) is 6. The average molecular weight is 564 g/mol. The van der Waals surface area contributed by atoms with Gasteiger partial charge in [0.2, 0.25) is 0 Å². The molecule has 10 heteroatoms. The van der Waals surface area contributed by atoms with Crippen LogP contribution in [0.5, 0.6) is 5.75 Å². The topological polar surface area (TPSA) is 89.7 Å². The zero-order valence-corrected chi connectivity index (χ0v) is 23.6. The average Bonchev–Trinajstić information content (AvgIpc) is 3.14. The number of aryl methyl sites for hydroxylation is 2. The van der Waals surface area contributed by atoms with Crippen LogP contribution >= 0.6 is 48.6 Å². The first-order chi connectivity index (χ1) is 15.1. The maximum absolute atomic E-state index is 5.64. The minimum absolute atomic E-state index is 0. The number of anilines is 1. The molecule has 2 unspecified atom stereocenters. The van der Waals surface area contributed by atoms with E-state index in [0.29, 0.717) is 12.1 Å². The van der Waals surface area contributed by atoms with E-state index < -0.39 is 0 Å². The second-order valence-corrected chi connectivity index (χ2v) is 9.39. The van der Waals surface area contributed by atoms with Gasteiger partial charge in [-0.25, -0.2) is 4.98 Å². The van der Waals surface area contributed by atoms with Crippen molar-refractivity contribution in [1.82, 2.24) is 15.6 Å². The molecular formula is C25H37Cl3N4O2S. The summed E-state index contributed by atoms with van der Waals surface area (Å²) in [5, 5.41) is 12.1. The fourth-order valence-electron chi connectivity index (χ4n) is 4.18. The van der Waals surface area contributed by atoms with Crippen molar-refractivity contribution in [3.63, 3.8) is 0 Å². The lowest BCUT2D eigenvalue weighted by Gasteiger charge is -2.34. The first-order valence-corrected chi connectivity index (χ1v) is 11.8. The fourth-order valence-corrected chi connectivity index (χ4v) is 5.05. The van der Waals surface area contributed by atoms with E-state index in [2.05, 4.69) is 77.2 Å². The molecule has 0 amide bonds. The number of ether oxygens (including phenoxy) is 1. The van der Waals surface area contributed by atoms with E-state index >= 15 is 0 Å². The van der Waals surface area contributed by atoms with Crippen LogP contribution in [-0.4, -0.2) is 30.2 Å². The Bertz CT molecular complexity index is 988. The number of rotatable bonds is 8. The molecule has 2 heterocycles. The SMILES string of the molecule is COc1ccc(NCc2nc(C)c(C)s2)cc1CNC1CCCNC1c1ccccc1.Cl.Cl.Cl.O. The molecule has 3 aromatic rings. The van der Waals surface area contributed by atoms with Gasteiger partial charge in [0, 0.05) is 34.8 Å². The van der Waals surface area contributed by atoms with Crippen LogP contribution in [0.2, 0.25) is 0 Å². The summed E-state index contributed by atoms with van der Waals surface area (Å²) in [7, 11) is 1.74. The fraction of sp³-hybridized carbons (Fsp3) is 0.400. The zero-order chi connectivity index (χ0) is 21.6. The summed E-state index contributed by atoms with van der Waals surface area (Å²) in [6.45, 7) is 6.76. The maximum Gasteiger partial charge on any atom is 0.123 e. The summed E-state index contributed by atoms with van der Waals surface area (Å²) in [6, 6.07) is 17.8. The molecule has 5 N–H and O–H groups in total. The Hall–Kier alpha value is -1.58. The van der Waals surface area contributed by atoms with Gasteiger partial charge in [-0.05, 0) is 57.0 Å². The first kappa shape index (κ1) is 33.4. The summed E-state index contributed by atoms with van der Waals surface area (Å²) in [4.78, 5) is 5.91. The van der Waals surface area contributed by atoms with E-state index in [1.54, 1.807) is 18.4 Å². The van der Waals surface area contributed by atoms with Gasteiger partial charge < -0.3 is 26.2 Å². The summed E-state index contributed by atoms with van der Waals surface area (Å²) < 4.78 is 5.64. The van der Waals surface area contributed by atoms with Crippen LogP contribution in [-0.2, 0) is 13.1 Å². The molecule has 0 spiro atoms. The first-order valence-electron chi connectivity index (χ1n) is 11.0. The highest BCUT2D eigenvalue weighted by atomic mass is 35.5. The molecule has 1 aliphatic heterocycles. The van der Waals surface area contributed by atoms with Crippen LogP contribution in [0.15, 0.2) is 48.5 Å². The maximum atomic E-state index is 5.64. The second-order valence-electron chi connectivity index (χ2n) is 8.10. The molecule has 1 fully saturated rings. The molecule has 196 valence electrons. The third-order valence-electron chi connectivity index (χ3n) is 5.97. The Balaban J connectivity index is 0.00000289. The van der Waals surface area contributed by atoms with Gasteiger partial charge in [-0.3, -0.25) is 0 Å². The molecule has 1 saturated heterocycles. The van der Waals surface area contributed by atoms with Crippen LogP contribution in [0, 0.1) is 13.8 Å². The molecule has 2 atom stereocenters. The highest BCUT2D eigenvalue weighted by molar-refractivity contribution is 7.11. The second kappa shape index (κ2) is 16.2. The van der Waals surface area contributed by atoms with Gasteiger partial charge in [0.25, 0.3) is 0 Å². The molecule has 0 aliphatic carbocycles. The Morgan fingerprint density at radius 3 is 2.46 bits per heavy atom. The number of halogens is 3. The van der Waals surface area contributed by atoms with Gasteiger partial charge in [0.1, 0.15) is 10.8 Å². The number of aromatic nitrogens is 1. The minimum atomic E-state index is 0. The minimum Gasteiger partial charge on any atom is -0.496 e. The van der Waals surface area contributed by atoms with Gasteiger partial charge in [0.15, 0.2) is 0 Å². The number of nitrogens with one attached hydrogen (secondary N) is 3. The standard InChI is InChI=1S/C25H32N4OS.3ClH.H2O/c1-17-18(2)31-24(29-17)16-27-21-11-12-23(30-3)20(14-21)15-28-22-10-7-13-26-25(22)19-8-5-4-6-9-19;;;;/h4-6,8-9,11-12,14,22,25-28H,7,10,13,15-16H2,1-3H3;3*1H;1H2. The Kier molecular flexibility index (Phi) is 15.5. The van der Waals surface area contributed by atoms with Gasteiger partial charge in [-0.1, -0.05) is 30.3 Å². The van der Waals surface area contributed by atoms with Crippen molar-refractivity contribution < 1.29 is 10.2 Å². The van der Waals surface area contributed by atoms with Gasteiger partial charge >= 0.3 is 0 Å². The third-order valence-corrected chi connectivity index (χ3v) is 7.04. The van der Waals surface area contributed by atoms with Crippen molar-refractivity contribution >= 4 is 54.2 Å². The monoisotopic (exact) mass is 562 g/mol. The summed E-state index contributed by atoms with van der Waals surface area (Å²) in [5.41, 5.74) is 4.72. The molecule has 0 radical (unpaired) electrons. The summed E-state index contributed by atoms with van der Waals surface area (Å²) in [5.74, 6) is 0.916. The van der Waals surface area contributed by atoms with E-state index in [4.69, 9.17) is 4.74 Å². The quantitative estimate of drug-likeness (QED) is 0.341. The number of piperidine rings is 1. The Morgan fingerprint density at radius 1 is 1.06 bits per heavy atom. The normalized spacial score (nSPS) is 16.5. The molecule has 0 saturated carbocycles. The smallest absolute Gasteiger partial charge is 0.123 e. The molecule has 2 aromatic carbocycles. The van der Waals surface area contributed by atoms with E-state index in [9.17, 15) is 0 Å². The lowest BCUT2D eigenvalue weighted by atomic mass is 9.92. The van der Waals surface area contributed by atoms with Crippen LogP contribution in [0.25, 0.3) is 0 Å². The van der Waals surface area contributed by atoms with Crippen LogP contribution in [0.1, 0.15) is 45.6 Å². The van der Waals surface area contributed by atoms with Gasteiger partial charge in [-0.2, -0.15) is 0 Å². The van der Waals surface area contributed by atoms with E-state index in [1.807, 2.05) is 6.07 Å². The van der Waals surface area contributed by atoms with Crippen molar-refractivity contribution in [3.05, 3.63) is 75.2 Å². The highest BCUT2D eigenvalue weighted by Crippen LogP contribution is 2.27. The Labute approximate surface area is 231 Å². The van der Waals surface area contributed by atoms with Crippen molar-refractivity contribution in [2.24, 2.45) is 0 Å². The number of hydrogen-bond donors (Lipinski definition) is 3. The predicted molar refractivity (Wildman–Crippen MR) is 154 cm³/mol. The molecular weight excluding hydrogens is 527 g/mol. The number of nitrogens with zero attached hydrogens (tertiary/aromatic N) is 1. The summed E-state index contributed by atoms with van der Waals surface area (Å²) >= 11 is 1.76. The van der Waals surface area contributed by atoms with E-state index in [1.165, 1.54) is 16.9 Å². The van der Waals surface area contributed by atoms with Crippen LogP contribution < -0.4 is 20.7 Å². The molecule has 0 bridgehead atoms. The van der Waals surface area contributed by atoms with Crippen molar-refractivity contribution in [2.45, 2.75) is 51.9 Å². The Morgan fingerprint density at radius 2 is 1.80 bits per heavy atom. The number of methoxy groups -OCH3 is 1. The van der Waals surface area contributed by atoms with Crippen molar-refractivity contribution in [2.75, 3.05) is 19.0 Å². The van der Waals surface area contributed by atoms with Crippen molar-refractivity contribution in [1.29, 1.82) is 0 Å². The van der Waals surface area contributed by atoms with Crippen LogP contribution in [0.4, 0.5) is 5.69 Å². The lowest BCUT2D eigenvalue weighted by molar-refractivity contribution is 0.303. The van der Waals surface area contributed by atoms with Gasteiger partial charge in [0.05, 0.1) is 19.3 Å². The third kappa shape index (κ3) is 8.79. The van der Waals surface area contributed by atoms with Crippen LogP contribution in [0.3, 0.4) is 0 Å². The molecule has 1 aliphatic rings. The van der Waals surface area contributed by atoms with E-state index in [0.717, 1.165) is 53.8 Å². The van der Waals surface area contributed by atoms with E-state index in [-0.39, 0.29) is 42.7 Å². The number of benzene rings is 2. The molecule has 1 aromatic heterocycles. The molecule has 6 nitrogen and oxygen atoms in total.